The first-order chi connectivity index (χ1) is 13.3. The van der Waals surface area contributed by atoms with Crippen molar-refractivity contribution in [2.45, 2.75) is 45.6 Å². The van der Waals surface area contributed by atoms with Crippen LogP contribution >= 0.6 is 0 Å². The molecular formula is C22H28N4O2. The van der Waals surface area contributed by atoms with E-state index in [1.807, 2.05) is 45.0 Å². The molecule has 0 saturated carbocycles. The molecule has 6 nitrogen and oxygen atoms in total. The summed E-state index contributed by atoms with van der Waals surface area (Å²) in [4.78, 5) is 31.4. The van der Waals surface area contributed by atoms with Crippen molar-refractivity contribution < 1.29 is 9.59 Å². The second kappa shape index (κ2) is 8.42. The molecule has 0 atom stereocenters. The van der Waals surface area contributed by atoms with Crippen molar-refractivity contribution >= 4 is 23.2 Å². The number of anilines is 2. The molecule has 6 heteroatoms. The van der Waals surface area contributed by atoms with Gasteiger partial charge in [0.1, 0.15) is 11.4 Å². The van der Waals surface area contributed by atoms with Crippen molar-refractivity contribution in [3.63, 3.8) is 0 Å². The van der Waals surface area contributed by atoms with Gasteiger partial charge in [-0.25, -0.2) is 4.98 Å². The van der Waals surface area contributed by atoms with Gasteiger partial charge >= 0.3 is 0 Å². The van der Waals surface area contributed by atoms with Gasteiger partial charge in [-0.1, -0.05) is 6.07 Å². The van der Waals surface area contributed by atoms with Gasteiger partial charge in [-0.05, 0) is 76.4 Å². The Morgan fingerprint density at radius 1 is 0.893 bits per heavy atom. The summed E-state index contributed by atoms with van der Waals surface area (Å²) in [6, 6.07) is 12.7. The lowest BCUT2D eigenvalue weighted by Gasteiger charge is -2.28. The third kappa shape index (κ3) is 5.31. The third-order valence-electron chi connectivity index (χ3n) is 4.55. The van der Waals surface area contributed by atoms with Crippen LogP contribution in [0.15, 0.2) is 42.5 Å². The van der Waals surface area contributed by atoms with Crippen LogP contribution in [0.5, 0.6) is 0 Å². The summed E-state index contributed by atoms with van der Waals surface area (Å²) in [5.74, 6) is -0.635. The molecule has 1 aliphatic rings. The quantitative estimate of drug-likeness (QED) is 0.845. The maximum atomic E-state index is 12.5. The highest BCUT2D eigenvalue weighted by molar-refractivity contribution is 6.04. The van der Waals surface area contributed by atoms with Crippen LogP contribution in [-0.2, 0) is 0 Å². The predicted molar refractivity (Wildman–Crippen MR) is 112 cm³/mol. The van der Waals surface area contributed by atoms with E-state index in [4.69, 9.17) is 0 Å². The van der Waals surface area contributed by atoms with Gasteiger partial charge < -0.3 is 15.5 Å². The molecule has 2 N–H and O–H groups in total. The molecule has 0 unspecified atom stereocenters. The average molecular weight is 380 g/mol. The zero-order chi connectivity index (χ0) is 20.1. The van der Waals surface area contributed by atoms with E-state index in [0.29, 0.717) is 5.69 Å². The summed E-state index contributed by atoms with van der Waals surface area (Å²) in [7, 11) is 0. The first-order valence-corrected chi connectivity index (χ1v) is 9.78. The Hall–Kier alpha value is -2.89. The van der Waals surface area contributed by atoms with Gasteiger partial charge in [0.15, 0.2) is 0 Å². The van der Waals surface area contributed by atoms with Gasteiger partial charge in [0.2, 0.25) is 0 Å². The van der Waals surface area contributed by atoms with Crippen molar-refractivity contribution in [3.05, 3.63) is 53.9 Å². The molecule has 0 radical (unpaired) electrons. The monoisotopic (exact) mass is 380 g/mol. The summed E-state index contributed by atoms with van der Waals surface area (Å²) in [6.07, 6.45) is 3.75. The number of pyridine rings is 1. The number of carbonyl (C=O) groups is 2. The maximum Gasteiger partial charge on any atom is 0.274 e. The molecule has 1 saturated heterocycles. The van der Waals surface area contributed by atoms with Crippen LogP contribution in [0, 0.1) is 0 Å². The summed E-state index contributed by atoms with van der Waals surface area (Å²) in [5.41, 5.74) is 1.95. The van der Waals surface area contributed by atoms with Gasteiger partial charge in [0.05, 0.1) is 0 Å². The first kappa shape index (κ1) is 19.9. The highest BCUT2D eigenvalue weighted by Crippen LogP contribution is 2.22. The number of piperidine rings is 1. The number of hydrogen-bond donors (Lipinski definition) is 2. The number of hydrogen-bond acceptors (Lipinski definition) is 4. The Morgan fingerprint density at radius 3 is 2.11 bits per heavy atom. The van der Waals surface area contributed by atoms with Crippen LogP contribution in [0.3, 0.4) is 0 Å². The Morgan fingerprint density at radius 2 is 1.50 bits per heavy atom. The van der Waals surface area contributed by atoms with E-state index in [9.17, 15) is 9.59 Å². The van der Waals surface area contributed by atoms with Gasteiger partial charge in [-0.3, -0.25) is 9.59 Å². The molecule has 3 rings (SSSR count). The summed E-state index contributed by atoms with van der Waals surface area (Å²) < 4.78 is 0. The molecule has 2 amide bonds. The summed E-state index contributed by atoms with van der Waals surface area (Å²) in [5, 5.41) is 5.70. The van der Waals surface area contributed by atoms with Gasteiger partial charge in [-0.15, -0.1) is 0 Å². The molecule has 148 valence electrons. The van der Waals surface area contributed by atoms with E-state index in [0.717, 1.165) is 13.1 Å². The van der Waals surface area contributed by atoms with Crippen LogP contribution in [0.2, 0.25) is 0 Å². The van der Waals surface area contributed by atoms with E-state index in [2.05, 4.69) is 20.5 Å². The topological polar surface area (TPSA) is 74.3 Å². The van der Waals surface area contributed by atoms with Crippen molar-refractivity contribution in [2.24, 2.45) is 0 Å². The molecule has 0 bridgehead atoms. The molecule has 2 heterocycles. The molecule has 1 aromatic carbocycles. The van der Waals surface area contributed by atoms with Crippen LogP contribution < -0.4 is 15.5 Å². The average Bonchev–Trinajstić information content (AvgIpc) is 2.68. The number of rotatable bonds is 4. The zero-order valence-electron chi connectivity index (χ0n) is 16.8. The molecule has 1 aromatic heterocycles. The highest BCUT2D eigenvalue weighted by atomic mass is 16.2. The minimum atomic E-state index is -0.368. The number of nitrogens with zero attached hydrogens (tertiary/aromatic N) is 2. The maximum absolute atomic E-state index is 12.5. The van der Waals surface area contributed by atoms with Crippen molar-refractivity contribution in [1.82, 2.24) is 10.3 Å². The lowest BCUT2D eigenvalue weighted by atomic mass is 10.1. The Balaban J connectivity index is 1.66. The lowest BCUT2D eigenvalue weighted by Crippen LogP contribution is -2.41. The van der Waals surface area contributed by atoms with E-state index in [-0.39, 0.29) is 28.7 Å². The lowest BCUT2D eigenvalue weighted by molar-refractivity contribution is 0.0914. The predicted octanol–water partition coefficient (Wildman–Crippen LogP) is 3.85. The fraction of sp³-hybridized carbons (Fsp3) is 0.409. The number of aromatic nitrogens is 1. The SMILES string of the molecule is CC(C)(C)NC(=O)c1cccc(C(=O)Nc2ccc(N3CCCCC3)cc2)n1. The van der Waals surface area contributed by atoms with Crippen LogP contribution in [0.25, 0.3) is 0 Å². The molecule has 0 aliphatic carbocycles. The number of amides is 2. The van der Waals surface area contributed by atoms with Crippen molar-refractivity contribution in [1.29, 1.82) is 0 Å². The minimum absolute atomic E-state index is 0.210. The Bertz CT molecular complexity index is 834. The van der Waals surface area contributed by atoms with E-state index < -0.39 is 0 Å². The Labute approximate surface area is 166 Å². The number of nitrogens with one attached hydrogen (secondary N) is 2. The molecule has 28 heavy (non-hydrogen) atoms. The summed E-state index contributed by atoms with van der Waals surface area (Å²) >= 11 is 0. The molecular weight excluding hydrogens is 352 g/mol. The number of carbonyl (C=O) groups excluding carboxylic acids is 2. The van der Waals surface area contributed by atoms with E-state index in [1.165, 1.54) is 24.9 Å². The van der Waals surface area contributed by atoms with Crippen LogP contribution in [0.4, 0.5) is 11.4 Å². The van der Waals surface area contributed by atoms with Crippen LogP contribution in [0.1, 0.15) is 61.0 Å². The van der Waals surface area contributed by atoms with Crippen LogP contribution in [-0.4, -0.2) is 35.4 Å². The molecule has 2 aromatic rings. The third-order valence-corrected chi connectivity index (χ3v) is 4.55. The van der Waals surface area contributed by atoms with Gasteiger partial charge in [0, 0.05) is 30.0 Å². The normalized spacial score (nSPS) is 14.5. The Kier molecular flexibility index (Phi) is 5.97. The second-order valence-electron chi connectivity index (χ2n) is 8.16. The summed E-state index contributed by atoms with van der Waals surface area (Å²) in [6.45, 7) is 7.86. The van der Waals surface area contributed by atoms with Crippen molar-refractivity contribution in [3.8, 4) is 0 Å². The number of benzene rings is 1. The molecule has 1 aliphatic heterocycles. The molecule has 0 spiro atoms. The van der Waals surface area contributed by atoms with E-state index in [1.54, 1.807) is 18.2 Å². The van der Waals surface area contributed by atoms with Gasteiger partial charge in [0.25, 0.3) is 11.8 Å². The van der Waals surface area contributed by atoms with E-state index >= 15 is 0 Å². The molecule has 1 fully saturated rings. The fourth-order valence-electron chi connectivity index (χ4n) is 3.20. The second-order valence-corrected chi connectivity index (χ2v) is 8.16. The standard InChI is InChI=1S/C22H28N4O2/c1-22(2,3)25-21(28)19-9-7-8-18(24-19)20(27)23-16-10-12-17(13-11-16)26-14-5-4-6-15-26/h7-13H,4-6,14-15H2,1-3H3,(H,23,27)(H,25,28). The minimum Gasteiger partial charge on any atom is -0.372 e. The first-order valence-electron chi connectivity index (χ1n) is 9.78. The fourth-order valence-corrected chi connectivity index (χ4v) is 3.20. The highest BCUT2D eigenvalue weighted by Gasteiger charge is 2.18. The smallest absolute Gasteiger partial charge is 0.274 e. The zero-order valence-corrected chi connectivity index (χ0v) is 16.8. The van der Waals surface area contributed by atoms with Crippen molar-refractivity contribution in [2.75, 3.05) is 23.3 Å². The van der Waals surface area contributed by atoms with Gasteiger partial charge in [-0.2, -0.15) is 0 Å². The largest absolute Gasteiger partial charge is 0.372 e.